The summed E-state index contributed by atoms with van der Waals surface area (Å²) in [7, 11) is 0. The predicted octanol–water partition coefficient (Wildman–Crippen LogP) is 2.18. The summed E-state index contributed by atoms with van der Waals surface area (Å²) in [6.45, 7) is 0. The highest BCUT2D eigenvalue weighted by molar-refractivity contribution is 5.97. The monoisotopic (exact) mass is 267 g/mol. The van der Waals surface area contributed by atoms with Crippen molar-refractivity contribution in [2.45, 2.75) is 0 Å². The van der Waals surface area contributed by atoms with Crippen LogP contribution in [0, 0.1) is 10.1 Å². The van der Waals surface area contributed by atoms with E-state index >= 15 is 0 Å². The van der Waals surface area contributed by atoms with Gasteiger partial charge in [0.05, 0.1) is 4.92 Å². The molecule has 3 rings (SSSR count). The van der Waals surface area contributed by atoms with Crippen molar-refractivity contribution in [3.8, 4) is 11.3 Å². The number of anilines is 1. The third-order valence-corrected chi connectivity index (χ3v) is 2.96. The molecule has 1 aromatic carbocycles. The summed E-state index contributed by atoms with van der Waals surface area (Å²) in [6.07, 6.45) is 4.44. The van der Waals surface area contributed by atoms with E-state index in [9.17, 15) is 10.1 Å². The van der Waals surface area contributed by atoms with E-state index < -0.39 is 4.92 Å². The number of pyridine rings is 1. The molecule has 0 fully saturated rings. The Morgan fingerprint density at radius 1 is 1.15 bits per heavy atom. The third kappa shape index (κ3) is 1.81. The molecule has 7 nitrogen and oxygen atoms in total. The number of aromatic nitrogens is 3. The molecule has 0 spiro atoms. The van der Waals surface area contributed by atoms with Gasteiger partial charge >= 0.3 is 5.69 Å². The molecule has 7 heteroatoms. The summed E-state index contributed by atoms with van der Waals surface area (Å²) in [5, 5.41) is 12.9. The molecule has 2 heterocycles. The van der Waals surface area contributed by atoms with Crippen LogP contribution in [0.3, 0.4) is 0 Å². The zero-order chi connectivity index (χ0) is 14.1. The van der Waals surface area contributed by atoms with E-state index in [1.54, 1.807) is 6.20 Å². The van der Waals surface area contributed by atoms with Crippen molar-refractivity contribution >= 4 is 22.3 Å². The van der Waals surface area contributed by atoms with Crippen molar-refractivity contribution in [3.63, 3.8) is 0 Å². The predicted molar refractivity (Wildman–Crippen MR) is 73.8 cm³/mol. The number of nitrogens with zero attached hydrogens (tertiary/aromatic N) is 4. The highest BCUT2D eigenvalue weighted by Crippen LogP contribution is 2.34. The number of nitrogens with two attached hydrogens (primary N) is 1. The second-order valence-corrected chi connectivity index (χ2v) is 4.12. The summed E-state index contributed by atoms with van der Waals surface area (Å²) < 4.78 is 0. The van der Waals surface area contributed by atoms with Crippen molar-refractivity contribution in [3.05, 3.63) is 53.1 Å². The van der Waals surface area contributed by atoms with Crippen molar-refractivity contribution in [1.82, 2.24) is 15.0 Å². The molecule has 2 aromatic heterocycles. The lowest BCUT2D eigenvalue weighted by Crippen LogP contribution is -2.02. The van der Waals surface area contributed by atoms with Crippen molar-refractivity contribution in [2.24, 2.45) is 0 Å². The molecule has 3 aromatic rings. The van der Waals surface area contributed by atoms with Gasteiger partial charge in [-0.25, -0.2) is 9.97 Å². The van der Waals surface area contributed by atoms with Gasteiger partial charge in [0, 0.05) is 23.3 Å². The molecule has 0 atom stereocenters. The lowest BCUT2D eigenvalue weighted by molar-refractivity contribution is -0.383. The Hall–Kier alpha value is -3.09. The third-order valence-electron chi connectivity index (χ3n) is 2.96. The van der Waals surface area contributed by atoms with Gasteiger partial charge < -0.3 is 5.73 Å². The van der Waals surface area contributed by atoms with E-state index in [0.717, 1.165) is 10.8 Å². The topological polar surface area (TPSA) is 108 Å². The maximum Gasteiger partial charge on any atom is 0.337 e. The van der Waals surface area contributed by atoms with E-state index in [0.29, 0.717) is 5.56 Å². The largest absolute Gasteiger partial charge is 0.378 e. The molecule has 0 radical (unpaired) electrons. The van der Waals surface area contributed by atoms with Crippen LogP contribution in [0.15, 0.2) is 43.0 Å². The summed E-state index contributed by atoms with van der Waals surface area (Å²) >= 11 is 0. The molecule has 98 valence electrons. The molecule has 0 aliphatic rings. The van der Waals surface area contributed by atoms with Crippen LogP contribution < -0.4 is 5.73 Å². The highest BCUT2D eigenvalue weighted by Gasteiger charge is 2.23. The van der Waals surface area contributed by atoms with Gasteiger partial charge in [-0.05, 0) is 5.39 Å². The van der Waals surface area contributed by atoms with Crippen LogP contribution in [-0.2, 0) is 0 Å². The number of hydrogen-bond donors (Lipinski definition) is 1. The smallest absolute Gasteiger partial charge is 0.337 e. The first-order valence-electron chi connectivity index (χ1n) is 5.76. The fourth-order valence-corrected chi connectivity index (χ4v) is 2.07. The van der Waals surface area contributed by atoms with E-state index in [4.69, 9.17) is 5.73 Å². The molecule has 0 saturated heterocycles. The second kappa shape index (κ2) is 4.54. The molecule has 0 bridgehead atoms. The van der Waals surface area contributed by atoms with Gasteiger partial charge in [-0.15, -0.1) is 0 Å². The van der Waals surface area contributed by atoms with E-state index in [-0.39, 0.29) is 17.2 Å². The first-order chi connectivity index (χ1) is 9.68. The Morgan fingerprint density at radius 3 is 2.75 bits per heavy atom. The molecule has 0 aliphatic carbocycles. The van der Waals surface area contributed by atoms with Gasteiger partial charge in [-0.2, -0.15) is 0 Å². The number of fused-ring (bicyclic) bond motifs is 1. The van der Waals surface area contributed by atoms with Gasteiger partial charge in [-0.3, -0.25) is 15.1 Å². The lowest BCUT2D eigenvalue weighted by Gasteiger charge is -2.06. The minimum Gasteiger partial charge on any atom is -0.378 e. The summed E-state index contributed by atoms with van der Waals surface area (Å²) in [5.41, 5.74) is 6.02. The van der Waals surface area contributed by atoms with Crippen molar-refractivity contribution in [2.75, 3.05) is 5.73 Å². The minimum atomic E-state index is -0.577. The zero-order valence-electron chi connectivity index (χ0n) is 10.2. The van der Waals surface area contributed by atoms with Gasteiger partial charge in [-0.1, -0.05) is 24.3 Å². The Kier molecular flexibility index (Phi) is 2.72. The Bertz CT molecular complexity index is 813. The fraction of sp³-hybridized carbons (Fsp3) is 0. The SMILES string of the molecule is Nc1ncnc(-c2cncc3ccccc23)c1[N+](=O)[O-]. The van der Waals surface area contributed by atoms with Crippen LogP contribution >= 0.6 is 0 Å². The summed E-state index contributed by atoms with van der Waals surface area (Å²) in [6, 6.07) is 7.45. The number of rotatable bonds is 2. The summed E-state index contributed by atoms with van der Waals surface area (Å²) in [4.78, 5) is 22.4. The Labute approximate surface area is 113 Å². The van der Waals surface area contributed by atoms with Crippen LogP contribution in [0.5, 0.6) is 0 Å². The van der Waals surface area contributed by atoms with E-state index in [2.05, 4.69) is 15.0 Å². The van der Waals surface area contributed by atoms with Gasteiger partial charge in [0.15, 0.2) is 5.69 Å². The molecular weight excluding hydrogens is 258 g/mol. The first-order valence-corrected chi connectivity index (χ1v) is 5.76. The number of nitrogen functional groups attached to an aromatic ring is 1. The standard InChI is InChI=1S/C13H9N5O2/c14-13-12(18(19)20)11(16-7-17-13)10-6-15-5-8-3-1-2-4-9(8)10/h1-7H,(H2,14,16,17). The molecule has 0 saturated carbocycles. The maximum atomic E-state index is 11.2. The second-order valence-electron chi connectivity index (χ2n) is 4.12. The average molecular weight is 267 g/mol. The molecule has 20 heavy (non-hydrogen) atoms. The van der Waals surface area contributed by atoms with Crippen molar-refractivity contribution < 1.29 is 4.92 Å². The van der Waals surface area contributed by atoms with Crippen LogP contribution in [-0.4, -0.2) is 19.9 Å². The molecule has 0 amide bonds. The van der Waals surface area contributed by atoms with Crippen LogP contribution in [0.25, 0.3) is 22.0 Å². The van der Waals surface area contributed by atoms with Crippen molar-refractivity contribution in [1.29, 1.82) is 0 Å². The van der Waals surface area contributed by atoms with E-state index in [1.807, 2.05) is 24.3 Å². The number of nitro groups is 1. The zero-order valence-corrected chi connectivity index (χ0v) is 10.2. The number of benzene rings is 1. The normalized spacial score (nSPS) is 10.6. The minimum absolute atomic E-state index is 0.159. The van der Waals surface area contributed by atoms with Crippen LogP contribution in [0.4, 0.5) is 11.5 Å². The fourth-order valence-electron chi connectivity index (χ4n) is 2.07. The Morgan fingerprint density at radius 2 is 1.95 bits per heavy atom. The quantitative estimate of drug-likeness (QED) is 0.563. The first kappa shape index (κ1) is 12.0. The lowest BCUT2D eigenvalue weighted by atomic mass is 10.0. The maximum absolute atomic E-state index is 11.2. The highest BCUT2D eigenvalue weighted by atomic mass is 16.6. The van der Waals surface area contributed by atoms with Gasteiger partial charge in [0.1, 0.15) is 6.33 Å². The van der Waals surface area contributed by atoms with Gasteiger partial charge in [0.2, 0.25) is 5.82 Å². The van der Waals surface area contributed by atoms with Gasteiger partial charge in [0.25, 0.3) is 0 Å². The van der Waals surface area contributed by atoms with Crippen LogP contribution in [0.2, 0.25) is 0 Å². The van der Waals surface area contributed by atoms with E-state index in [1.165, 1.54) is 12.5 Å². The van der Waals surface area contributed by atoms with Crippen LogP contribution in [0.1, 0.15) is 0 Å². The average Bonchev–Trinajstić information content (AvgIpc) is 2.46. The Balaban J connectivity index is 2.37. The summed E-state index contributed by atoms with van der Waals surface area (Å²) in [5.74, 6) is -0.159. The molecule has 0 aliphatic heterocycles. The molecule has 2 N–H and O–H groups in total. The number of hydrogen-bond acceptors (Lipinski definition) is 6. The molecule has 0 unspecified atom stereocenters. The molecular formula is C13H9N5O2.